The lowest BCUT2D eigenvalue weighted by Gasteiger charge is -2.14. The molecule has 0 aliphatic heterocycles. The third kappa shape index (κ3) is 5.00. The van der Waals surface area contributed by atoms with E-state index in [0.29, 0.717) is 35.2 Å². The van der Waals surface area contributed by atoms with Crippen LogP contribution >= 0.6 is 0 Å². The monoisotopic (exact) mass is 540 g/mol. The third-order valence-corrected chi connectivity index (χ3v) is 7.25. The first-order chi connectivity index (χ1) is 19.3. The van der Waals surface area contributed by atoms with Gasteiger partial charge in [0.05, 0.1) is 29.7 Å². The van der Waals surface area contributed by atoms with Gasteiger partial charge in [-0.2, -0.15) is 5.10 Å². The van der Waals surface area contributed by atoms with E-state index in [-0.39, 0.29) is 11.5 Å². The lowest BCUT2D eigenvalue weighted by atomic mass is 10.0. The number of carbonyl (C=O) groups is 2. The summed E-state index contributed by atoms with van der Waals surface area (Å²) < 4.78 is 7.11. The summed E-state index contributed by atoms with van der Waals surface area (Å²) in [6.07, 6.45) is 5.70. The summed E-state index contributed by atoms with van der Waals surface area (Å²) in [6, 6.07) is 10.7. The van der Waals surface area contributed by atoms with E-state index in [2.05, 4.69) is 34.6 Å². The summed E-state index contributed by atoms with van der Waals surface area (Å²) in [4.78, 5) is 34.3. The Morgan fingerprint density at radius 2 is 1.85 bits per heavy atom. The quantitative estimate of drug-likeness (QED) is 0.278. The number of carbonyl (C=O) groups excluding carboxylic acids is 1. The molecule has 3 N–H and O–H groups in total. The Hall–Kier alpha value is -4.73. The number of aromatic carboxylic acids is 1. The average molecular weight is 541 g/mol. The van der Waals surface area contributed by atoms with Gasteiger partial charge in [-0.05, 0) is 67.0 Å². The van der Waals surface area contributed by atoms with Crippen molar-refractivity contribution in [2.45, 2.75) is 46.0 Å². The first-order valence-corrected chi connectivity index (χ1v) is 13.4. The predicted octanol–water partition coefficient (Wildman–Crippen LogP) is 5.19. The molecule has 10 heteroatoms. The van der Waals surface area contributed by atoms with Crippen LogP contribution in [0.3, 0.4) is 0 Å². The van der Waals surface area contributed by atoms with Gasteiger partial charge >= 0.3 is 5.97 Å². The number of amides is 1. The Bertz CT molecular complexity index is 1590. The molecule has 0 saturated carbocycles. The fourth-order valence-electron chi connectivity index (χ4n) is 5.22. The second-order valence-corrected chi connectivity index (χ2v) is 9.68. The van der Waals surface area contributed by atoms with Crippen LogP contribution in [-0.2, 0) is 32.7 Å². The van der Waals surface area contributed by atoms with Crippen LogP contribution in [0.2, 0.25) is 0 Å². The molecule has 0 bridgehead atoms. The number of anilines is 3. The van der Waals surface area contributed by atoms with Crippen LogP contribution in [0.15, 0.2) is 42.6 Å². The van der Waals surface area contributed by atoms with Gasteiger partial charge in [-0.1, -0.05) is 32.0 Å². The lowest BCUT2D eigenvalue weighted by Crippen LogP contribution is -2.17. The van der Waals surface area contributed by atoms with E-state index in [9.17, 15) is 14.7 Å². The van der Waals surface area contributed by atoms with Gasteiger partial charge in [0.25, 0.3) is 5.91 Å². The fraction of sp³-hybridized carbons (Fsp3) is 0.300. The third-order valence-electron chi connectivity index (χ3n) is 7.25. The number of hydrogen-bond donors (Lipinski definition) is 3. The minimum Gasteiger partial charge on any atom is -0.495 e. The second-order valence-electron chi connectivity index (χ2n) is 9.68. The summed E-state index contributed by atoms with van der Waals surface area (Å²) in [6.45, 7) is 4.16. The maximum absolute atomic E-state index is 13.6. The largest absolute Gasteiger partial charge is 0.495 e. The second kappa shape index (κ2) is 11.2. The van der Waals surface area contributed by atoms with E-state index in [1.54, 1.807) is 16.9 Å². The molecule has 0 fully saturated rings. The van der Waals surface area contributed by atoms with E-state index in [1.807, 2.05) is 25.2 Å². The van der Waals surface area contributed by atoms with Gasteiger partial charge in [0, 0.05) is 24.5 Å². The maximum Gasteiger partial charge on any atom is 0.335 e. The number of rotatable bonds is 8. The van der Waals surface area contributed by atoms with Crippen molar-refractivity contribution in [3.8, 4) is 17.1 Å². The topological polar surface area (TPSA) is 131 Å². The molecule has 2 aromatic heterocycles. The summed E-state index contributed by atoms with van der Waals surface area (Å²) in [5, 5.41) is 20.3. The molecule has 0 unspecified atom stereocenters. The first kappa shape index (κ1) is 26.9. The number of aromatic nitrogens is 4. The number of hydrogen-bond acceptors (Lipinski definition) is 7. The molecule has 5 rings (SSSR count). The number of para-hydroxylation sites is 1. The fourth-order valence-corrected chi connectivity index (χ4v) is 5.22. The summed E-state index contributed by atoms with van der Waals surface area (Å²) in [5.74, 6) is -0.590. The number of carboxylic acids is 1. The summed E-state index contributed by atoms with van der Waals surface area (Å²) in [7, 11) is 3.30. The van der Waals surface area contributed by atoms with E-state index in [0.717, 1.165) is 59.3 Å². The molecule has 0 atom stereocenters. The molecular formula is C30H32N6O4. The average Bonchev–Trinajstić information content (AvgIpc) is 3.17. The van der Waals surface area contributed by atoms with Gasteiger partial charge in [-0.15, -0.1) is 0 Å². The molecule has 1 aliphatic carbocycles. The van der Waals surface area contributed by atoms with Gasteiger partial charge in [-0.25, -0.2) is 14.8 Å². The highest BCUT2D eigenvalue weighted by Gasteiger charge is 2.28. The molecule has 206 valence electrons. The number of methoxy groups -OCH3 is 1. The Morgan fingerprint density at radius 1 is 1.10 bits per heavy atom. The molecule has 0 radical (unpaired) electrons. The number of nitrogens with one attached hydrogen (secondary N) is 2. The summed E-state index contributed by atoms with van der Waals surface area (Å²) >= 11 is 0. The lowest BCUT2D eigenvalue weighted by molar-refractivity contribution is 0.0696. The van der Waals surface area contributed by atoms with Crippen LogP contribution in [0.4, 0.5) is 17.3 Å². The minimum absolute atomic E-state index is 0.114. The van der Waals surface area contributed by atoms with Crippen molar-refractivity contribution in [2.75, 3.05) is 17.7 Å². The standard InChI is InChI=1S/C30H32N6O4/c1-5-17-9-7-10-18(6-2)24(17)33-28(37)26-21-12-8-11-20-16-31-30(34-25(20)27(21)36(3)35-26)32-22-14-13-19(29(38)39)15-23(22)40-4/h7,9-10,13-16H,5-6,8,11-12H2,1-4H3,(H,33,37)(H,38,39)(H,31,32,34). The molecule has 4 aromatic rings. The van der Waals surface area contributed by atoms with E-state index < -0.39 is 5.97 Å². The van der Waals surface area contributed by atoms with Crippen molar-refractivity contribution in [1.82, 2.24) is 19.7 Å². The van der Waals surface area contributed by atoms with Crippen molar-refractivity contribution >= 4 is 29.2 Å². The molecule has 2 heterocycles. The van der Waals surface area contributed by atoms with Crippen LogP contribution in [0.1, 0.15) is 63.4 Å². The highest BCUT2D eigenvalue weighted by Crippen LogP contribution is 2.35. The Labute approximate surface area is 232 Å². The van der Waals surface area contributed by atoms with Crippen molar-refractivity contribution in [3.63, 3.8) is 0 Å². The highest BCUT2D eigenvalue weighted by molar-refractivity contribution is 6.05. The smallest absolute Gasteiger partial charge is 0.335 e. The molecular weight excluding hydrogens is 508 g/mol. The Kier molecular flexibility index (Phi) is 7.50. The van der Waals surface area contributed by atoms with Gasteiger partial charge in [-0.3, -0.25) is 9.48 Å². The molecule has 10 nitrogen and oxygen atoms in total. The SMILES string of the molecule is CCc1cccc(CC)c1NC(=O)c1nn(C)c2c1CCCc1cnc(Nc3ccc(C(=O)O)cc3OC)nc1-2. The zero-order chi connectivity index (χ0) is 28.4. The van der Waals surface area contributed by atoms with Crippen LogP contribution < -0.4 is 15.4 Å². The number of ether oxygens (including phenoxy) is 1. The Balaban J connectivity index is 1.51. The minimum atomic E-state index is -1.04. The first-order valence-electron chi connectivity index (χ1n) is 13.4. The molecule has 0 saturated heterocycles. The normalized spacial score (nSPS) is 12.2. The van der Waals surface area contributed by atoms with Crippen LogP contribution in [0.25, 0.3) is 11.4 Å². The van der Waals surface area contributed by atoms with Crippen molar-refractivity contribution < 1.29 is 19.4 Å². The zero-order valence-corrected chi connectivity index (χ0v) is 23.0. The van der Waals surface area contributed by atoms with Crippen molar-refractivity contribution in [3.05, 3.63) is 76.1 Å². The number of nitrogens with zero attached hydrogens (tertiary/aromatic N) is 4. The molecule has 1 aliphatic rings. The zero-order valence-electron chi connectivity index (χ0n) is 23.0. The Morgan fingerprint density at radius 3 is 2.52 bits per heavy atom. The number of fused-ring (bicyclic) bond motifs is 3. The molecule has 0 spiro atoms. The van der Waals surface area contributed by atoms with Crippen molar-refractivity contribution in [1.29, 1.82) is 0 Å². The van der Waals surface area contributed by atoms with Gasteiger partial charge in [0.15, 0.2) is 5.69 Å². The summed E-state index contributed by atoms with van der Waals surface area (Å²) in [5.41, 5.74) is 7.43. The highest BCUT2D eigenvalue weighted by atomic mass is 16.5. The van der Waals surface area contributed by atoms with E-state index in [1.165, 1.54) is 19.2 Å². The van der Waals surface area contributed by atoms with Crippen LogP contribution in [0, 0.1) is 0 Å². The number of aryl methyl sites for hydroxylation is 4. The maximum atomic E-state index is 13.6. The number of carboxylic acid groups (broad SMARTS) is 1. The van der Waals surface area contributed by atoms with Crippen LogP contribution in [-0.4, -0.2) is 43.8 Å². The van der Waals surface area contributed by atoms with E-state index in [4.69, 9.17) is 9.72 Å². The van der Waals surface area contributed by atoms with Crippen molar-refractivity contribution in [2.24, 2.45) is 7.05 Å². The van der Waals surface area contributed by atoms with Gasteiger partial charge in [0.1, 0.15) is 5.75 Å². The van der Waals surface area contributed by atoms with Crippen LogP contribution in [0.5, 0.6) is 5.75 Å². The van der Waals surface area contributed by atoms with Gasteiger partial charge in [0.2, 0.25) is 5.95 Å². The molecule has 40 heavy (non-hydrogen) atoms. The number of benzene rings is 2. The molecule has 1 amide bonds. The van der Waals surface area contributed by atoms with E-state index >= 15 is 0 Å². The predicted molar refractivity (Wildman–Crippen MR) is 153 cm³/mol. The molecule has 2 aromatic carbocycles. The van der Waals surface area contributed by atoms with Gasteiger partial charge < -0.3 is 20.5 Å².